The third-order valence-corrected chi connectivity index (χ3v) is 2.14. The van der Waals surface area contributed by atoms with Crippen LogP contribution >= 0.6 is 7.82 Å². The van der Waals surface area contributed by atoms with Gasteiger partial charge in [0.05, 0.1) is 6.61 Å². The predicted octanol–water partition coefficient (Wildman–Crippen LogP) is -3.26. The molecule has 0 amide bonds. The van der Waals surface area contributed by atoms with E-state index in [1.165, 1.54) is 0 Å². The minimum atomic E-state index is -5.06. The fourth-order valence-corrected chi connectivity index (χ4v) is 1.45. The van der Waals surface area contributed by atoms with Crippen LogP contribution in [-0.2, 0) is 13.9 Å². The number of aliphatic hydroxyl groups is 4. The van der Waals surface area contributed by atoms with Crippen molar-refractivity contribution in [2.45, 2.75) is 18.3 Å². The van der Waals surface area contributed by atoms with E-state index >= 15 is 0 Å². The number of phosphoric ester groups is 1. The predicted molar refractivity (Wildman–Crippen MR) is 48.1 cm³/mol. The molecule has 6 N–H and O–H groups in total. The van der Waals surface area contributed by atoms with E-state index in [1.807, 2.05) is 0 Å². The topological polar surface area (TPSA) is 165 Å². The van der Waals surface area contributed by atoms with Gasteiger partial charge in [0.15, 0.2) is 5.78 Å². The van der Waals surface area contributed by atoms with E-state index in [0.717, 1.165) is 0 Å². The molecule has 9 nitrogen and oxygen atoms in total. The average Bonchev–Trinajstić information content (AvgIpc) is 2.21. The van der Waals surface area contributed by atoms with Crippen LogP contribution < -0.4 is 0 Å². The standard InChI is InChI=1S/C6H13O9P/c7-1-3(9)5(11)6(4(10)2-8)15-16(12,13)14/h4-8,10-11H,1-2H2,(H2,12,13,14)/t4-,5-,6-/m1/s1. The summed E-state index contributed by atoms with van der Waals surface area (Å²) in [6.45, 7) is -2.08. The van der Waals surface area contributed by atoms with Crippen molar-refractivity contribution in [1.29, 1.82) is 0 Å². The van der Waals surface area contributed by atoms with E-state index < -0.39 is 45.1 Å². The highest BCUT2D eigenvalue weighted by atomic mass is 31.2. The summed E-state index contributed by atoms with van der Waals surface area (Å²) >= 11 is 0. The van der Waals surface area contributed by atoms with Crippen LogP contribution in [0.25, 0.3) is 0 Å². The number of phosphoric acid groups is 1. The van der Waals surface area contributed by atoms with E-state index in [1.54, 1.807) is 0 Å². The SMILES string of the molecule is O=C(CO)[C@@H](O)[C@H](OP(=O)(O)O)[C@H](O)CO. The first-order chi connectivity index (χ1) is 7.22. The number of hydrogen-bond donors (Lipinski definition) is 6. The molecule has 0 spiro atoms. The molecule has 10 heteroatoms. The summed E-state index contributed by atoms with van der Waals surface area (Å²) in [5, 5.41) is 35.2. The Balaban J connectivity index is 4.80. The summed E-state index contributed by atoms with van der Waals surface area (Å²) in [7, 11) is -5.06. The molecule has 0 radical (unpaired) electrons. The minimum absolute atomic E-state index is 0.986. The molecule has 0 aliphatic rings. The molecule has 16 heavy (non-hydrogen) atoms. The van der Waals surface area contributed by atoms with Gasteiger partial charge < -0.3 is 30.2 Å². The molecule has 3 atom stereocenters. The Morgan fingerprint density at radius 3 is 2.06 bits per heavy atom. The van der Waals surface area contributed by atoms with E-state index in [-0.39, 0.29) is 0 Å². The number of aliphatic hydroxyl groups excluding tert-OH is 4. The second-order valence-electron chi connectivity index (χ2n) is 2.88. The first kappa shape index (κ1) is 15.6. The van der Waals surface area contributed by atoms with Crippen LogP contribution in [0.5, 0.6) is 0 Å². The molecule has 0 aromatic heterocycles. The van der Waals surface area contributed by atoms with E-state index in [4.69, 9.17) is 25.1 Å². The Labute approximate surface area is 90.2 Å². The number of Topliss-reactive ketones (excluding diaryl/α,β-unsaturated/α-hetero) is 1. The van der Waals surface area contributed by atoms with Gasteiger partial charge in [0.25, 0.3) is 0 Å². The summed E-state index contributed by atoms with van der Waals surface area (Å²) in [5.74, 6) is -1.20. The smallest absolute Gasteiger partial charge is 0.394 e. The maximum absolute atomic E-state index is 10.8. The summed E-state index contributed by atoms with van der Waals surface area (Å²) < 4.78 is 14.4. The van der Waals surface area contributed by atoms with E-state index in [9.17, 15) is 14.5 Å². The van der Waals surface area contributed by atoms with Crippen molar-refractivity contribution in [1.82, 2.24) is 0 Å². The summed E-state index contributed by atoms with van der Waals surface area (Å²) in [5.41, 5.74) is 0. The molecule has 0 aliphatic carbocycles. The lowest BCUT2D eigenvalue weighted by molar-refractivity contribution is -0.141. The molecule has 0 aromatic rings. The number of carbonyl (C=O) groups is 1. The summed E-state index contributed by atoms with van der Waals surface area (Å²) in [6, 6.07) is 0. The Hall–Kier alpha value is -0.380. The summed E-state index contributed by atoms with van der Waals surface area (Å²) in [6.07, 6.45) is -6.05. The molecule has 0 fully saturated rings. The van der Waals surface area contributed by atoms with Crippen LogP contribution in [0.2, 0.25) is 0 Å². The minimum Gasteiger partial charge on any atom is -0.394 e. The van der Waals surface area contributed by atoms with E-state index in [0.29, 0.717) is 0 Å². The number of ketones is 1. The summed E-state index contributed by atoms with van der Waals surface area (Å²) in [4.78, 5) is 27.7. The molecule has 0 aliphatic heterocycles. The van der Waals surface area contributed by atoms with Crippen molar-refractivity contribution < 1.29 is 44.1 Å². The van der Waals surface area contributed by atoms with Crippen LogP contribution in [0.1, 0.15) is 0 Å². The van der Waals surface area contributed by atoms with Crippen molar-refractivity contribution in [3.8, 4) is 0 Å². The second-order valence-corrected chi connectivity index (χ2v) is 4.07. The van der Waals surface area contributed by atoms with Gasteiger partial charge in [-0.3, -0.25) is 9.32 Å². The molecular formula is C6H13O9P. The first-order valence-electron chi connectivity index (χ1n) is 4.07. The molecule has 0 unspecified atom stereocenters. The normalized spacial score (nSPS) is 17.9. The maximum Gasteiger partial charge on any atom is 0.470 e. The van der Waals surface area contributed by atoms with Crippen LogP contribution in [0, 0.1) is 0 Å². The Morgan fingerprint density at radius 1 is 1.25 bits per heavy atom. The van der Waals surface area contributed by atoms with Gasteiger partial charge in [-0.15, -0.1) is 0 Å². The van der Waals surface area contributed by atoms with Gasteiger partial charge in [0, 0.05) is 0 Å². The van der Waals surface area contributed by atoms with Crippen molar-refractivity contribution in [2.75, 3.05) is 13.2 Å². The van der Waals surface area contributed by atoms with Crippen molar-refractivity contribution in [3.63, 3.8) is 0 Å². The quantitative estimate of drug-likeness (QED) is 0.258. The average molecular weight is 260 g/mol. The highest BCUT2D eigenvalue weighted by molar-refractivity contribution is 7.46. The third-order valence-electron chi connectivity index (χ3n) is 1.62. The van der Waals surface area contributed by atoms with Gasteiger partial charge in [-0.2, -0.15) is 0 Å². The molecule has 0 rings (SSSR count). The lowest BCUT2D eigenvalue weighted by atomic mass is 10.1. The van der Waals surface area contributed by atoms with Gasteiger partial charge in [-0.05, 0) is 0 Å². The number of hydrogen-bond acceptors (Lipinski definition) is 7. The second kappa shape index (κ2) is 6.38. The monoisotopic (exact) mass is 260 g/mol. The zero-order valence-electron chi connectivity index (χ0n) is 8.00. The molecule has 0 aromatic carbocycles. The zero-order chi connectivity index (χ0) is 12.9. The van der Waals surface area contributed by atoms with E-state index in [2.05, 4.69) is 4.52 Å². The molecule has 0 saturated carbocycles. The van der Waals surface area contributed by atoms with Crippen LogP contribution in [0.3, 0.4) is 0 Å². The first-order valence-corrected chi connectivity index (χ1v) is 5.60. The van der Waals surface area contributed by atoms with Gasteiger partial charge >= 0.3 is 7.82 Å². The van der Waals surface area contributed by atoms with Crippen molar-refractivity contribution >= 4 is 13.6 Å². The lowest BCUT2D eigenvalue weighted by Gasteiger charge is -2.25. The Bertz CT molecular complexity index is 273. The van der Waals surface area contributed by atoms with Crippen molar-refractivity contribution in [3.05, 3.63) is 0 Å². The largest absolute Gasteiger partial charge is 0.470 e. The van der Waals surface area contributed by atoms with Gasteiger partial charge in [0.2, 0.25) is 0 Å². The van der Waals surface area contributed by atoms with Crippen LogP contribution in [0.4, 0.5) is 0 Å². The third kappa shape index (κ3) is 5.10. The number of carbonyl (C=O) groups excluding carboxylic acids is 1. The molecular weight excluding hydrogens is 247 g/mol. The van der Waals surface area contributed by atoms with Gasteiger partial charge in [-0.25, -0.2) is 4.57 Å². The fourth-order valence-electron chi connectivity index (χ4n) is 0.878. The van der Waals surface area contributed by atoms with Gasteiger partial charge in [-0.1, -0.05) is 0 Å². The lowest BCUT2D eigenvalue weighted by Crippen LogP contribution is -2.46. The molecule has 0 heterocycles. The molecule has 96 valence electrons. The molecule has 0 bridgehead atoms. The van der Waals surface area contributed by atoms with Crippen molar-refractivity contribution in [2.24, 2.45) is 0 Å². The highest BCUT2D eigenvalue weighted by Gasteiger charge is 2.37. The maximum atomic E-state index is 10.8. The van der Waals surface area contributed by atoms with Crippen LogP contribution in [-0.4, -0.2) is 67.5 Å². The Kier molecular flexibility index (Phi) is 6.23. The Morgan fingerprint density at radius 2 is 1.75 bits per heavy atom. The zero-order valence-corrected chi connectivity index (χ0v) is 8.90. The molecule has 0 saturated heterocycles. The van der Waals surface area contributed by atoms with Crippen LogP contribution in [0.15, 0.2) is 0 Å². The van der Waals surface area contributed by atoms with Gasteiger partial charge in [0.1, 0.15) is 24.9 Å². The highest BCUT2D eigenvalue weighted by Crippen LogP contribution is 2.39. The number of rotatable bonds is 7. The fraction of sp³-hybridized carbons (Fsp3) is 0.833.